The fraction of sp³-hybridized carbons (Fsp3) is 0.706. The van der Waals surface area contributed by atoms with Gasteiger partial charge in [0.05, 0.1) is 0 Å². The summed E-state index contributed by atoms with van der Waals surface area (Å²) in [6, 6.07) is 4.75. The second-order valence-corrected chi connectivity index (χ2v) is 6.42. The van der Waals surface area contributed by atoms with Gasteiger partial charge in [0, 0.05) is 29.4 Å². The molecule has 1 N–H and O–H groups in total. The van der Waals surface area contributed by atoms with Crippen LogP contribution in [0.4, 0.5) is 0 Å². The average Bonchev–Trinajstić information content (AvgIpc) is 2.47. The van der Waals surface area contributed by atoms with Crippen LogP contribution in [-0.2, 0) is 6.42 Å². The highest BCUT2D eigenvalue weighted by Gasteiger charge is 2.41. The van der Waals surface area contributed by atoms with Crippen molar-refractivity contribution >= 4 is 0 Å². The molecule has 1 aromatic rings. The molecule has 3 heteroatoms. The van der Waals surface area contributed by atoms with Gasteiger partial charge in [-0.2, -0.15) is 0 Å². The number of pyridine rings is 1. The molecule has 0 bridgehead atoms. The van der Waals surface area contributed by atoms with Gasteiger partial charge in [-0.3, -0.25) is 4.98 Å². The minimum Gasteiger partial charge on any atom is -0.315 e. The van der Waals surface area contributed by atoms with Crippen LogP contribution in [0, 0.1) is 0 Å². The number of hydrogen-bond acceptors (Lipinski definition) is 3. The number of likely N-dealkylation sites (N-methyl/N-ethyl adjacent to an activating group) is 2. The van der Waals surface area contributed by atoms with Crippen molar-refractivity contribution in [3.63, 3.8) is 0 Å². The Bertz CT molecular complexity index is 444. The van der Waals surface area contributed by atoms with Crippen LogP contribution in [0.2, 0.25) is 0 Å². The van der Waals surface area contributed by atoms with Crippen LogP contribution in [0.3, 0.4) is 0 Å². The van der Waals surface area contributed by atoms with Crippen LogP contribution in [-0.4, -0.2) is 42.6 Å². The van der Waals surface area contributed by atoms with Crippen molar-refractivity contribution in [2.45, 2.75) is 57.0 Å². The minimum atomic E-state index is 0.144. The highest BCUT2D eigenvalue weighted by Crippen LogP contribution is 2.38. The molecule has 0 radical (unpaired) electrons. The molecule has 1 aromatic heterocycles. The van der Waals surface area contributed by atoms with Gasteiger partial charge in [0.15, 0.2) is 0 Å². The number of aromatic nitrogens is 1. The monoisotopic (exact) mass is 275 g/mol. The Balaban J connectivity index is 2.38. The van der Waals surface area contributed by atoms with E-state index in [-0.39, 0.29) is 5.54 Å². The summed E-state index contributed by atoms with van der Waals surface area (Å²) in [6.07, 6.45) is 6.77. The summed E-state index contributed by atoms with van der Waals surface area (Å²) in [4.78, 5) is 7.08. The van der Waals surface area contributed by atoms with Crippen LogP contribution in [0.15, 0.2) is 18.3 Å². The third-order valence-corrected chi connectivity index (χ3v) is 5.36. The van der Waals surface area contributed by atoms with Gasteiger partial charge < -0.3 is 10.2 Å². The molecule has 3 atom stereocenters. The Kier molecular flexibility index (Phi) is 4.82. The van der Waals surface area contributed by atoms with Crippen LogP contribution < -0.4 is 5.32 Å². The van der Waals surface area contributed by atoms with Crippen LogP contribution >= 0.6 is 0 Å². The van der Waals surface area contributed by atoms with Gasteiger partial charge in [-0.15, -0.1) is 0 Å². The maximum atomic E-state index is 4.72. The first-order valence-electron chi connectivity index (χ1n) is 7.83. The van der Waals surface area contributed by atoms with Gasteiger partial charge >= 0.3 is 0 Å². The number of rotatable bonds is 5. The van der Waals surface area contributed by atoms with Gasteiger partial charge in [-0.1, -0.05) is 13.0 Å². The molecule has 0 saturated carbocycles. The van der Waals surface area contributed by atoms with E-state index >= 15 is 0 Å². The SMILES string of the molecule is CCC(C)(C(NC)C1CCCc2cccnc21)N(C)C. The summed E-state index contributed by atoms with van der Waals surface area (Å²) in [5, 5.41) is 3.60. The van der Waals surface area contributed by atoms with Crippen molar-refractivity contribution in [1.29, 1.82) is 0 Å². The first kappa shape index (κ1) is 15.5. The van der Waals surface area contributed by atoms with E-state index in [2.05, 4.69) is 57.3 Å². The lowest BCUT2D eigenvalue weighted by Gasteiger charge is -2.47. The molecule has 112 valence electrons. The number of nitrogens with zero attached hydrogens (tertiary/aromatic N) is 2. The van der Waals surface area contributed by atoms with Crippen LogP contribution in [0.25, 0.3) is 0 Å². The third kappa shape index (κ3) is 2.61. The van der Waals surface area contributed by atoms with Crippen molar-refractivity contribution < 1.29 is 0 Å². The number of aryl methyl sites for hydroxylation is 1. The molecule has 0 aliphatic heterocycles. The molecule has 2 rings (SSSR count). The Morgan fingerprint density at radius 2 is 2.25 bits per heavy atom. The lowest BCUT2D eigenvalue weighted by atomic mass is 9.73. The van der Waals surface area contributed by atoms with Crippen LogP contribution in [0.5, 0.6) is 0 Å². The fourth-order valence-corrected chi connectivity index (χ4v) is 3.73. The topological polar surface area (TPSA) is 28.2 Å². The number of nitrogens with one attached hydrogen (secondary N) is 1. The molecule has 0 fully saturated rings. The molecule has 1 heterocycles. The Morgan fingerprint density at radius 1 is 1.50 bits per heavy atom. The number of hydrogen-bond donors (Lipinski definition) is 1. The van der Waals surface area contributed by atoms with E-state index in [0.717, 1.165) is 6.42 Å². The van der Waals surface area contributed by atoms with Gasteiger partial charge in [0.1, 0.15) is 0 Å². The van der Waals surface area contributed by atoms with Gasteiger partial charge in [0.25, 0.3) is 0 Å². The summed E-state index contributed by atoms with van der Waals surface area (Å²) in [5.41, 5.74) is 2.91. The van der Waals surface area contributed by atoms with Crippen molar-refractivity contribution in [2.75, 3.05) is 21.1 Å². The van der Waals surface area contributed by atoms with Crippen molar-refractivity contribution in [2.24, 2.45) is 0 Å². The molecule has 0 aromatic carbocycles. The summed E-state index contributed by atoms with van der Waals surface area (Å²) in [6.45, 7) is 4.65. The van der Waals surface area contributed by atoms with E-state index in [4.69, 9.17) is 4.98 Å². The predicted molar refractivity (Wildman–Crippen MR) is 85.1 cm³/mol. The van der Waals surface area contributed by atoms with E-state index in [1.54, 1.807) is 0 Å². The molecule has 3 unspecified atom stereocenters. The zero-order chi connectivity index (χ0) is 14.8. The zero-order valence-electron chi connectivity index (χ0n) is 13.6. The Labute approximate surface area is 123 Å². The average molecular weight is 275 g/mol. The third-order valence-electron chi connectivity index (χ3n) is 5.36. The molecular formula is C17H29N3. The lowest BCUT2D eigenvalue weighted by molar-refractivity contribution is 0.0972. The maximum absolute atomic E-state index is 4.72. The van der Waals surface area contributed by atoms with Gasteiger partial charge in [-0.25, -0.2) is 0 Å². The molecule has 0 saturated heterocycles. The van der Waals surface area contributed by atoms with E-state index in [1.165, 1.54) is 30.5 Å². The van der Waals surface area contributed by atoms with E-state index in [1.807, 2.05) is 6.20 Å². The maximum Gasteiger partial charge on any atom is 0.0482 e. The number of fused-ring (bicyclic) bond motifs is 1. The van der Waals surface area contributed by atoms with Crippen LogP contribution in [0.1, 0.15) is 50.3 Å². The Hall–Kier alpha value is -0.930. The highest BCUT2D eigenvalue weighted by molar-refractivity contribution is 5.28. The highest BCUT2D eigenvalue weighted by atomic mass is 15.2. The molecule has 0 amide bonds. The molecule has 3 nitrogen and oxygen atoms in total. The first-order chi connectivity index (χ1) is 9.54. The van der Waals surface area contributed by atoms with E-state index < -0.39 is 0 Å². The smallest absolute Gasteiger partial charge is 0.0482 e. The summed E-state index contributed by atoms with van der Waals surface area (Å²) in [5.74, 6) is 0.511. The molecule has 1 aliphatic rings. The second kappa shape index (κ2) is 6.23. The normalized spacial score (nSPS) is 23.2. The zero-order valence-corrected chi connectivity index (χ0v) is 13.6. The first-order valence-corrected chi connectivity index (χ1v) is 7.83. The quantitative estimate of drug-likeness (QED) is 0.895. The van der Waals surface area contributed by atoms with Crippen molar-refractivity contribution in [1.82, 2.24) is 15.2 Å². The molecule has 0 spiro atoms. The molecule has 20 heavy (non-hydrogen) atoms. The van der Waals surface area contributed by atoms with E-state index in [9.17, 15) is 0 Å². The van der Waals surface area contributed by atoms with Crippen molar-refractivity contribution in [3.05, 3.63) is 29.6 Å². The van der Waals surface area contributed by atoms with Gasteiger partial charge in [-0.05, 0) is 65.4 Å². The molecule has 1 aliphatic carbocycles. The van der Waals surface area contributed by atoms with Gasteiger partial charge in [0.2, 0.25) is 0 Å². The standard InChI is InChI=1S/C17H29N3/c1-6-17(2,20(4)5)16(18-3)14-11-7-9-13-10-8-12-19-15(13)14/h8,10,12,14,16,18H,6-7,9,11H2,1-5H3. The Morgan fingerprint density at radius 3 is 2.85 bits per heavy atom. The summed E-state index contributed by atoms with van der Waals surface area (Å²) in [7, 11) is 6.48. The lowest BCUT2D eigenvalue weighted by Crippen LogP contribution is -2.58. The fourth-order valence-electron chi connectivity index (χ4n) is 3.73. The molecular weight excluding hydrogens is 246 g/mol. The minimum absolute atomic E-state index is 0.144. The second-order valence-electron chi connectivity index (χ2n) is 6.42. The summed E-state index contributed by atoms with van der Waals surface area (Å²) >= 11 is 0. The summed E-state index contributed by atoms with van der Waals surface area (Å²) < 4.78 is 0. The largest absolute Gasteiger partial charge is 0.315 e. The van der Waals surface area contributed by atoms with E-state index in [0.29, 0.717) is 12.0 Å². The van der Waals surface area contributed by atoms with Crippen molar-refractivity contribution in [3.8, 4) is 0 Å². The predicted octanol–water partition coefficient (Wildman–Crippen LogP) is 2.82.